The molecular formula is C26H32N4O4. The number of aromatic nitrogens is 3. The number of benzene rings is 1. The van der Waals surface area contributed by atoms with E-state index in [4.69, 9.17) is 14.6 Å². The van der Waals surface area contributed by atoms with Crippen LogP contribution in [0.25, 0.3) is 10.9 Å². The first kappa shape index (κ1) is 22.7. The van der Waals surface area contributed by atoms with Crippen molar-refractivity contribution < 1.29 is 14.3 Å². The first-order chi connectivity index (χ1) is 15.9. The molecule has 2 saturated heterocycles. The lowest BCUT2D eigenvalue weighted by molar-refractivity contribution is 0.00383. The van der Waals surface area contributed by atoms with Crippen LogP contribution in [0.3, 0.4) is 0 Å². The van der Waals surface area contributed by atoms with Gasteiger partial charge in [0.1, 0.15) is 11.4 Å². The van der Waals surface area contributed by atoms with E-state index in [1.54, 1.807) is 29.0 Å². The van der Waals surface area contributed by atoms with E-state index in [0.717, 1.165) is 23.7 Å². The molecule has 3 aliphatic rings. The number of hydrogen-bond acceptors (Lipinski definition) is 5. The summed E-state index contributed by atoms with van der Waals surface area (Å²) >= 11 is 0. The molecule has 8 heteroatoms. The fourth-order valence-electron chi connectivity index (χ4n) is 5.21. The summed E-state index contributed by atoms with van der Waals surface area (Å²) in [4.78, 5) is 26.3. The molecule has 180 valence electrons. The third-order valence-corrected chi connectivity index (χ3v) is 6.71. The van der Waals surface area contributed by atoms with E-state index >= 15 is 0 Å². The van der Waals surface area contributed by atoms with Crippen LogP contribution in [0.15, 0.2) is 41.5 Å². The lowest BCUT2D eigenvalue weighted by Gasteiger charge is -2.42. The Hall–Kier alpha value is -3.13. The fraction of sp³-hybridized carbons (Fsp3) is 0.500. The average molecular weight is 465 g/mol. The quantitative estimate of drug-likeness (QED) is 0.609. The maximum absolute atomic E-state index is 13.4. The number of fused-ring (bicyclic) bond motifs is 2. The molecule has 1 amide bonds. The molecule has 2 bridgehead atoms. The molecular weight excluding hydrogens is 432 g/mol. The lowest BCUT2D eigenvalue weighted by Crippen LogP contribution is -2.49. The molecule has 2 aliphatic heterocycles. The summed E-state index contributed by atoms with van der Waals surface area (Å²) in [6, 6.07) is 6.98. The van der Waals surface area contributed by atoms with Gasteiger partial charge in [-0.1, -0.05) is 0 Å². The summed E-state index contributed by atoms with van der Waals surface area (Å²) in [5.41, 5.74) is 0.531. The van der Waals surface area contributed by atoms with Crippen molar-refractivity contribution in [1.29, 1.82) is 0 Å². The molecule has 0 spiro atoms. The molecule has 1 N–H and O–H groups in total. The van der Waals surface area contributed by atoms with Crippen molar-refractivity contribution in [2.45, 2.75) is 77.2 Å². The third kappa shape index (κ3) is 3.70. The topological polar surface area (TPSA) is 87.4 Å². The molecule has 3 fully saturated rings. The smallest absolute Gasteiger partial charge is 0.274 e. The summed E-state index contributed by atoms with van der Waals surface area (Å²) in [6.45, 7) is 12.4. The van der Waals surface area contributed by atoms with Crippen molar-refractivity contribution in [3.05, 3.63) is 52.6 Å². The van der Waals surface area contributed by atoms with E-state index in [-0.39, 0.29) is 28.5 Å². The van der Waals surface area contributed by atoms with Gasteiger partial charge in [0.15, 0.2) is 0 Å². The van der Waals surface area contributed by atoms with Crippen molar-refractivity contribution in [1.82, 2.24) is 14.3 Å². The van der Waals surface area contributed by atoms with Gasteiger partial charge in [-0.05, 0) is 59.7 Å². The minimum absolute atomic E-state index is 0.0509. The Morgan fingerprint density at radius 2 is 2.00 bits per heavy atom. The number of nitrogens with zero attached hydrogens (tertiary/aromatic N) is 3. The van der Waals surface area contributed by atoms with E-state index in [1.165, 1.54) is 0 Å². The number of pyridine rings is 1. The van der Waals surface area contributed by atoms with Crippen LogP contribution >= 0.6 is 0 Å². The van der Waals surface area contributed by atoms with Crippen molar-refractivity contribution >= 4 is 22.5 Å². The molecule has 6 rings (SSSR count). The molecule has 34 heavy (non-hydrogen) atoms. The number of carbonyl (C=O) groups is 1. The predicted molar refractivity (Wildman–Crippen MR) is 131 cm³/mol. The summed E-state index contributed by atoms with van der Waals surface area (Å²) in [5, 5.41) is 8.46. The zero-order chi connectivity index (χ0) is 24.5. The molecule has 1 saturated carbocycles. The van der Waals surface area contributed by atoms with Gasteiger partial charge < -0.3 is 19.4 Å². The van der Waals surface area contributed by atoms with E-state index in [9.17, 15) is 9.59 Å². The predicted octanol–water partition coefficient (Wildman–Crippen LogP) is 4.27. The number of hydrogen-bond donors (Lipinski definition) is 1. The minimum Gasteiger partial charge on any atom is -0.490 e. The first-order valence-electron chi connectivity index (χ1n) is 11.8. The van der Waals surface area contributed by atoms with E-state index in [0.29, 0.717) is 17.9 Å². The Bertz CT molecular complexity index is 1340. The summed E-state index contributed by atoms with van der Waals surface area (Å²) in [6.07, 6.45) is 5.45. The Balaban J connectivity index is 1.52. The second kappa shape index (κ2) is 7.43. The zero-order valence-corrected chi connectivity index (χ0v) is 20.6. The average Bonchev–Trinajstić information content (AvgIpc) is 3.38. The Labute approximate surface area is 198 Å². The molecule has 0 radical (unpaired) electrons. The van der Waals surface area contributed by atoms with E-state index in [1.807, 2.05) is 51.6 Å². The maximum Gasteiger partial charge on any atom is 0.274 e. The van der Waals surface area contributed by atoms with Crippen LogP contribution in [0.1, 0.15) is 64.7 Å². The summed E-state index contributed by atoms with van der Waals surface area (Å²) < 4.78 is 15.5. The summed E-state index contributed by atoms with van der Waals surface area (Å²) in [5.74, 6) is 0.0450. The number of amides is 1. The van der Waals surface area contributed by atoms with Crippen LogP contribution < -0.4 is 15.6 Å². The molecule has 3 aromatic rings. The highest BCUT2D eigenvalue weighted by Crippen LogP contribution is 2.55. The molecule has 4 heterocycles. The molecule has 2 aromatic heterocycles. The monoisotopic (exact) mass is 464 g/mol. The molecule has 1 aliphatic carbocycles. The molecule has 0 atom stereocenters. The second-order valence-corrected chi connectivity index (χ2v) is 11.2. The maximum atomic E-state index is 13.4. The SMILES string of the molecule is CC(C)Oc1cc2nn(C34COC(C)(C3)C4)cc2cc1C(=O)Nc1cccn(C(C)(C)C)c1=O. The van der Waals surface area contributed by atoms with Crippen LogP contribution in [0.2, 0.25) is 0 Å². The van der Waals surface area contributed by atoms with Gasteiger partial charge in [0, 0.05) is 42.2 Å². The van der Waals surface area contributed by atoms with Crippen molar-refractivity contribution in [2.75, 3.05) is 11.9 Å². The van der Waals surface area contributed by atoms with Gasteiger partial charge in [-0.2, -0.15) is 5.10 Å². The standard InChI is InChI=1S/C26H32N4O4/c1-16(2)34-21-11-20-17(12-30(28-20)26-13-25(6,14-26)33-15-26)10-18(21)22(31)27-19-8-7-9-29(23(19)32)24(3,4)5/h7-12,16H,13-15H2,1-6H3,(H,27,31). The Morgan fingerprint density at radius 1 is 1.26 bits per heavy atom. The van der Waals surface area contributed by atoms with Gasteiger partial charge in [0.25, 0.3) is 11.5 Å². The van der Waals surface area contributed by atoms with Crippen molar-refractivity contribution in [3.63, 3.8) is 0 Å². The van der Waals surface area contributed by atoms with Gasteiger partial charge >= 0.3 is 0 Å². The Kier molecular flexibility index (Phi) is 4.95. The van der Waals surface area contributed by atoms with E-state index in [2.05, 4.69) is 12.2 Å². The van der Waals surface area contributed by atoms with Gasteiger partial charge in [0.2, 0.25) is 0 Å². The molecule has 1 aromatic carbocycles. The first-order valence-corrected chi connectivity index (χ1v) is 11.8. The highest BCUT2D eigenvalue weighted by atomic mass is 16.5. The van der Waals surface area contributed by atoms with Crippen molar-refractivity contribution in [3.8, 4) is 5.75 Å². The number of anilines is 1. The van der Waals surface area contributed by atoms with Crippen LogP contribution in [0.4, 0.5) is 5.69 Å². The highest BCUT2D eigenvalue weighted by molar-refractivity contribution is 6.08. The Morgan fingerprint density at radius 3 is 2.62 bits per heavy atom. The van der Waals surface area contributed by atoms with Crippen LogP contribution in [-0.2, 0) is 15.8 Å². The fourth-order valence-corrected chi connectivity index (χ4v) is 5.21. The van der Waals surface area contributed by atoms with Gasteiger partial charge in [-0.3, -0.25) is 14.3 Å². The minimum atomic E-state index is -0.405. The third-order valence-electron chi connectivity index (χ3n) is 6.71. The van der Waals surface area contributed by atoms with Crippen LogP contribution in [-0.4, -0.2) is 38.6 Å². The molecule has 8 nitrogen and oxygen atoms in total. The second-order valence-electron chi connectivity index (χ2n) is 11.2. The largest absolute Gasteiger partial charge is 0.490 e. The van der Waals surface area contributed by atoms with Gasteiger partial charge in [-0.25, -0.2) is 0 Å². The zero-order valence-electron chi connectivity index (χ0n) is 20.6. The number of nitrogens with one attached hydrogen (secondary N) is 1. The van der Waals surface area contributed by atoms with Gasteiger partial charge in [0.05, 0.1) is 34.9 Å². The number of ether oxygens (including phenoxy) is 2. The van der Waals surface area contributed by atoms with Crippen molar-refractivity contribution in [2.24, 2.45) is 0 Å². The van der Waals surface area contributed by atoms with Crippen LogP contribution in [0, 0.1) is 0 Å². The lowest BCUT2D eigenvalue weighted by atomic mass is 9.69. The molecule has 0 unspecified atom stereocenters. The highest BCUT2D eigenvalue weighted by Gasteiger charge is 2.61. The van der Waals surface area contributed by atoms with Gasteiger partial charge in [-0.15, -0.1) is 0 Å². The summed E-state index contributed by atoms with van der Waals surface area (Å²) in [7, 11) is 0. The van der Waals surface area contributed by atoms with E-state index < -0.39 is 11.4 Å². The van der Waals surface area contributed by atoms with Crippen LogP contribution in [0.5, 0.6) is 5.75 Å². The number of rotatable bonds is 5. The normalized spacial score (nSPS) is 23.9. The number of carbonyl (C=O) groups excluding carboxylic acids is 1.